The maximum atomic E-state index is 12.0. The first-order valence-electron chi connectivity index (χ1n) is 6.01. The van der Waals surface area contributed by atoms with Crippen molar-refractivity contribution in [3.8, 4) is 0 Å². The highest BCUT2D eigenvalue weighted by Crippen LogP contribution is 2.23. The van der Waals surface area contributed by atoms with E-state index < -0.39 is 5.54 Å². The van der Waals surface area contributed by atoms with E-state index in [9.17, 15) is 9.90 Å². The number of nitrogens with zero attached hydrogens (tertiary/aromatic N) is 2. The zero-order chi connectivity index (χ0) is 13.9. The minimum absolute atomic E-state index is 0.0107. The molecule has 1 unspecified atom stereocenters. The number of halogens is 1. The van der Waals surface area contributed by atoms with Gasteiger partial charge in [0.25, 0.3) is 5.56 Å². The number of hydrogen-bond donors (Lipinski definition) is 2. The lowest BCUT2D eigenvalue weighted by Crippen LogP contribution is -2.39. The fraction of sp³-hybridized carbons (Fsp3) is 0.667. The van der Waals surface area contributed by atoms with Gasteiger partial charge in [-0.3, -0.25) is 4.79 Å². The summed E-state index contributed by atoms with van der Waals surface area (Å²) in [6, 6.07) is 0.0123. The van der Waals surface area contributed by atoms with Crippen molar-refractivity contribution >= 4 is 21.6 Å². The van der Waals surface area contributed by atoms with E-state index >= 15 is 0 Å². The predicted octanol–water partition coefficient (Wildman–Crippen LogP) is 2.16. The van der Waals surface area contributed by atoms with Crippen LogP contribution in [0.3, 0.4) is 0 Å². The van der Waals surface area contributed by atoms with Gasteiger partial charge in [0.2, 0.25) is 0 Å². The van der Waals surface area contributed by atoms with Gasteiger partial charge in [0, 0.05) is 0 Å². The molecule has 0 aliphatic carbocycles. The molecule has 0 saturated carbocycles. The van der Waals surface area contributed by atoms with Crippen LogP contribution in [0.15, 0.2) is 15.5 Å². The fourth-order valence-corrected chi connectivity index (χ4v) is 1.85. The van der Waals surface area contributed by atoms with Crippen LogP contribution in [-0.2, 0) is 0 Å². The Morgan fingerprint density at radius 1 is 1.61 bits per heavy atom. The average molecular weight is 318 g/mol. The van der Waals surface area contributed by atoms with Gasteiger partial charge >= 0.3 is 0 Å². The molecule has 0 bridgehead atoms. The summed E-state index contributed by atoms with van der Waals surface area (Å²) in [5, 5.41) is 16.6. The second-order valence-electron chi connectivity index (χ2n) is 4.91. The fourth-order valence-electron chi connectivity index (χ4n) is 1.46. The van der Waals surface area contributed by atoms with Gasteiger partial charge < -0.3 is 10.4 Å². The standard InChI is InChI=1S/C12H20BrN3O2/c1-5-12(4,7-17)15-9-6-14-16(8(2)3)11(18)10(9)13/h6,8,15,17H,5,7H2,1-4H3. The SMILES string of the molecule is CCC(C)(CO)Nc1cnn(C(C)C)c(=O)c1Br. The number of aliphatic hydroxyl groups excluding tert-OH is 1. The summed E-state index contributed by atoms with van der Waals surface area (Å²) in [7, 11) is 0. The summed E-state index contributed by atoms with van der Waals surface area (Å²) in [5.74, 6) is 0. The van der Waals surface area contributed by atoms with Crippen molar-refractivity contribution in [1.82, 2.24) is 9.78 Å². The molecule has 0 spiro atoms. The Hall–Kier alpha value is -0.880. The lowest BCUT2D eigenvalue weighted by molar-refractivity contribution is 0.219. The van der Waals surface area contributed by atoms with Gasteiger partial charge in [-0.2, -0.15) is 5.10 Å². The third-order valence-corrected chi connectivity index (χ3v) is 3.76. The van der Waals surface area contributed by atoms with Crippen LogP contribution in [0.2, 0.25) is 0 Å². The highest BCUT2D eigenvalue weighted by Gasteiger charge is 2.22. The molecule has 0 aliphatic rings. The molecule has 0 fully saturated rings. The van der Waals surface area contributed by atoms with E-state index in [4.69, 9.17) is 0 Å². The Bertz CT molecular complexity index is 467. The summed E-state index contributed by atoms with van der Waals surface area (Å²) in [4.78, 5) is 12.0. The van der Waals surface area contributed by atoms with Crippen LogP contribution in [0.5, 0.6) is 0 Å². The van der Waals surface area contributed by atoms with Crippen LogP contribution in [-0.4, -0.2) is 27.0 Å². The van der Waals surface area contributed by atoms with Gasteiger partial charge in [0.1, 0.15) is 4.47 Å². The molecule has 5 nitrogen and oxygen atoms in total. The van der Waals surface area contributed by atoms with E-state index in [0.717, 1.165) is 6.42 Å². The monoisotopic (exact) mass is 317 g/mol. The first kappa shape index (κ1) is 15.2. The Morgan fingerprint density at radius 3 is 2.67 bits per heavy atom. The van der Waals surface area contributed by atoms with Gasteiger partial charge in [-0.25, -0.2) is 4.68 Å². The number of aromatic nitrogens is 2. The second-order valence-corrected chi connectivity index (χ2v) is 5.71. The van der Waals surface area contributed by atoms with Crippen molar-refractivity contribution < 1.29 is 5.11 Å². The van der Waals surface area contributed by atoms with Crippen LogP contribution in [0.4, 0.5) is 5.69 Å². The molecule has 102 valence electrons. The molecule has 0 aromatic carbocycles. The Kier molecular flexibility index (Phi) is 4.92. The number of rotatable bonds is 5. The predicted molar refractivity (Wildman–Crippen MR) is 76.0 cm³/mol. The summed E-state index contributed by atoms with van der Waals surface area (Å²) in [6.07, 6.45) is 2.35. The van der Waals surface area contributed by atoms with Crippen LogP contribution in [0.25, 0.3) is 0 Å². The Labute approximate surface area is 115 Å². The lowest BCUT2D eigenvalue weighted by atomic mass is 10.0. The number of hydrogen-bond acceptors (Lipinski definition) is 4. The summed E-state index contributed by atoms with van der Waals surface area (Å²) in [5.41, 5.74) is -0.0256. The molecule has 1 aromatic heterocycles. The maximum absolute atomic E-state index is 12.0. The molecule has 1 atom stereocenters. The van der Waals surface area contributed by atoms with E-state index in [-0.39, 0.29) is 18.2 Å². The minimum Gasteiger partial charge on any atom is -0.394 e. The smallest absolute Gasteiger partial charge is 0.283 e. The number of anilines is 1. The molecular weight excluding hydrogens is 298 g/mol. The number of nitrogens with one attached hydrogen (secondary N) is 1. The lowest BCUT2D eigenvalue weighted by Gasteiger charge is -2.28. The molecule has 2 N–H and O–H groups in total. The van der Waals surface area contributed by atoms with Crippen LogP contribution < -0.4 is 10.9 Å². The number of aliphatic hydroxyl groups is 1. The summed E-state index contributed by atoms with van der Waals surface area (Å²) < 4.78 is 1.86. The largest absolute Gasteiger partial charge is 0.394 e. The molecule has 1 aromatic rings. The summed E-state index contributed by atoms with van der Waals surface area (Å²) >= 11 is 3.29. The highest BCUT2D eigenvalue weighted by atomic mass is 79.9. The van der Waals surface area contributed by atoms with Gasteiger partial charge in [0.15, 0.2) is 0 Å². The first-order valence-corrected chi connectivity index (χ1v) is 6.80. The highest BCUT2D eigenvalue weighted by molar-refractivity contribution is 9.10. The van der Waals surface area contributed by atoms with E-state index in [1.807, 2.05) is 27.7 Å². The van der Waals surface area contributed by atoms with Crippen LogP contribution in [0, 0.1) is 0 Å². The third kappa shape index (κ3) is 3.11. The zero-order valence-corrected chi connectivity index (χ0v) is 12.8. The van der Waals surface area contributed by atoms with Gasteiger partial charge in [0.05, 0.1) is 30.1 Å². The van der Waals surface area contributed by atoms with E-state index in [2.05, 4.69) is 26.3 Å². The normalized spacial score (nSPS) is 14.6. The topological polar surface area (TPSA) is 67.2 Å². The van der Waals surface area contributed by atoms with Crippen molar-refractivity contribution in [3.05, 3.63) is 21.0 Å². The van der Waals surface area contributed by atoms with Crippen LogP contribution in [0.1, 0.15) is 40.2 Å². The average Bonchev–Trinajstić information content (AvgIpc) is 2.34. The molecule has 0 saturated heterocycles. The van der Waals surface area contributed by atoms with Crippen molar-refractivity contribution in [2.75, 3.05) is 11.9 Å². The molecule has 0 amide bonds. The molecule has 1 heterocycles. The van der Waals surface area contributed by atoms with Crippen molar-refractivity contribution in [2.24, 2.45) is 0 Å². The van der Waals surface area contributed by atoms with Gasteiger partial charge in [-0.1, -0.05) is 6.92 Å². The first-order chi connectivity index (χ1) is 8.34. The van der Waals surface area contributed by atoms with E-state index in [0.29, 0.717) is 10.2 Å². The molecule has 0 radical (unpaired) electrons. The van der Waals surface area contributed by atoms with Gasteiger partial charge in [-0.15, -0.1) is 0 Å². The van der Waals surface area contributed by atoms with Crippen molar-refractivity contribution in [1.29, 1.82) is 0 Å². The summed E-state index contributed by atoms with van der Waals surface area (Å²) in [6.45, 7) is 7.66. The van der Waals surface area contributed by atoms with Crippen molar-refractivity contribution in [3.63, 3.8) is 0 Å². The van der Waals surface area contributed by atoms with E-state index in [1.165, 1.54) is 4.68 Å². The zero-order valence-electron chi connectivity index (χ0n) is 11.2. The second kappa shape index (κ2) is 5.84. The van der Waals surface area contributed by atoms with Crippen LogP contribution >= 0.6 is 15.9 Å². The van der Waals surface area contributed by atoms with E-state index in [1.54, 1.807) is 6.20 Å². The molecule has 1 rings (SSSR count). The molecule has 0 aliphatic heterocycles. The quantitative estimate of drug-likeness (QED) is 0.873. The third-order valence-electron chi connectivity index (χ3n) is 3.00. The maximum Gasteiger partial charge on any atom is 0.283 e. The van der Waals surface area contributed by atoms with Crippen molar-refractivity contribution in [2.45, 2.75) is 45.7 Å². The molecular formula is C12H20BrN3O2. The Morgan fingerprint density at radius 2 is 2.22 bits per heavy atom. The molecule has 6 heteroatoms. The Balaban J connectivity index is 3.14. The molecule has 18 heavy (non-hydrogen) atoms. The minimum atomic E-state index is -0.458. The van der Waals surface area contributed by atoms with Gasteiger partial charge in [-0.05, 0) is 43.1 Å².